The Labute approximate surface area is 223 Å². The summed E-state index contributed by atoms with van der Waals surface area (Å²) in [6.07, 6.45) is 3.70. The molecule has 38 heavy (non-hydrogen) atoms. The third-order valence-electron chi connectivity index (χ3n) is 7.03. The van der Waals surface area contributed by atoms with Crippen molar-refractivity contribution in [1.82, 2.24) is 25.2 Å². The van der Waals surface area contributed by atoms with E-state index >= 15 is 0 Å². The molecule has 0 atom stereocenters. The molecule has 1 aromatic carbocycles. The van der Waals surface area contributed by atoms with E-state index in [0.717, 1.165) is 57.9 Å². The number of nitrogens with one attached hydrogen (secondary N) is 2. The molecule has 0 unspecified atom stereocenters. The first-order valence-electron chi connectivity index (χ1n) is 13.2. The van der Waals surface area contributed by atoms with E-state index in [1.54, 1.807) is 12.0 Å². The molecule has 4 heterocycles. The number of hydrogen-bond acceptors (Lipinski definition) is 6. The number of carbonyl (C=O) groups is 2. The molecule has 200 valence electrons. The Kier molecular flexibility index (Phi) is 6.41. The number of rotatable bonds is 2. The number of hydrogen-bond donors (Lipinski definition) is 2. The number of amides is 2. The van der Waals surface area contributed by atoms with E-state index < -0.39 is 11.1 Å². The molecule has 0 bridgehead atoms. The van der Waals surface area contributed by atoms with Crippen molar-refractivity contribution in [3.63, 3.8) is 0 Å². The molecule has 3 aromatic rings. The van der Waals surface area contributed by atoms with Crippen LogP contribution in [0.5, 0.6) is 5.75 Å². The molecular formula is C29H35N5O4. The highest BCUT2D eigenvalue weighted by atomic mass is 16.6. The van der Waals surface area contributed by atoms with Crippen LogP contribution in [0.3, 0.4) is 0 Å². The molecule has 9 heteroatoms. The SMILES string of the molecule is CC.COc1ccc(-c2ncc3c(n2)-c2[nH]c4c(c2CC3)C(=O)NC2(C4)CN(C(=O)OC(C)(C)C)C2)cc1. The summed E-state index contributed by atoms with van der Waals surface area (Å²) in [7, 11) is 1.64. The summed E-state index contributed by atoms with van der Waals surface area (Å²) in [4.78, 5) is 40.4. The summed E-state index contributed by atoms with van der Waals surface area (Å²) >= 11 is 0. The zero-order valence-electron chi connectivity index (χ0n) is 22.9. The number of aromatic amines is 1. The topological polar surface area (TPSA) is 109 Å². The molecule has 9 nitrogen and oxygen atoms in total. The monoisotopic (exact) mass is 517 g/mol. The average Bonchev–Trinajstić information content (AvgIpc) is 3.26. The molecule has 1 aliphatic carbocycles. The summed E-state index contributed by atoms with van der Waals surface area (Å²) < 4.78 is 10.7. The molecule has 1 fully saturated rings. The normalized spacial score (nSPS) is 16.7. The van der Waals surface area contributed by atoms with Crippen LogP contribution < -0.4 is 10.1 Å². The third-order valence-corrected chi connectivity index (χ3v) is 7.03. The quantitative estimate of drug-likeness (QED) is 0.516. The number of H-pyrrole nitrogens is 1. The van der Waals surface area contributed by atoms with E-state index in [4.69, 9.17) is 14.5 Å². The van der Waals surface area contributed by atoms with Crippen molar-refractivity contribution in [3.05, 3.63) is 52.8 Å². The minimum atomic E-state index is -0.554. The van der Waals surface area contributed by atoms with E-state index in [9.17, 15) is 9.59 Å². The molecule has 2 N–H and O–H groups in total. The van der Waals surface area contributed by atoms with Gasteiger partial charge in [0.15, 0.2) is 5.82 Å². The number of carbonyl (C=O) groups excluding carboxylic acids is 2. The maximum absolute atomic E-state index is 13.3. The standard InChI is InChI=1S/C27H29N5O4.C2H6/c1-26(2,3)36-25(34)32-13-27(14-32)11-19-20(24(33)31-27)18-10-7-16-12-28-23(30-21(16)22(18)29-19)15-5-8-17(35-4)9-6-15;1-2/h5-6,8-9,12,29H,7,10-11,13-14H2,1-4H3,(H,31,33);1-2H3. The fraction of sp³-hybridized carbons (Fsp3) is 0.448. The summed E-state index contributed by atoms with van der Waals surface area (Å²) in [5, 5.41) is 3.19. The minimum absolute atomic E-state index is 0.0922. The van der Waals surface area contributed by atoms with Crippen molar-refractivity contribution < 1.29 is 19.1 Å². The van der Waals surface area contributed by atoms with Crippen LogP contribution in [0.25, 0.3) is 22.8 Å². The van der Waals surface area contributed by atoms with Gasteiger partial charge in [0.05, 0.1) is 29.6 Å². The molecule has 1 spiro atoms. The van der Waals surface area contributed by atoms with Gasteiger partial charge in [-0.05, 0) is 69.0 Å². The van der Waals surface area contributed by atoms with Crippen LogP contribution in [0.2, 0.25) is 0 Å². The highest BCUT2D eigenvalue weighted by Gasteiger charge is 2.51. The number of aromatic nitrogens is 3. The first kappa shape index (κ1) is 25.8. The molecule has 3 aliphatic rings. The lowest BCUT2D eigenvalue weighted by atomic mass is 9.80. The first-order valence-corrected chi connectivity index (χ1v) is 13.2. The van der Waals surface area contributed by atoms with Gasteiger partial charge in [0.1, 0.15) is 11.4 Å². The summed E-state index contributed by atoms with van der Waals surface area (Å²) in [5.74, 6) is 1.31. The largest absolute Gasteiger partial charge is 0.497 e. The van der Waals surface area contributed by atoms with Gasteiger partial charge in [-0.3, -0.25) is 4.79 Å². The van der Waals surface area contributed by atoms with Gasteiger partial charge in [0.25, 0.3) is 5.91 Å². The number of benzene rings is 1. The van der Waals surface area contributed by atoms with E-state index in [-0.39, 0.29) is 12.0 Å². The number of ether oxygens (including phenoxy) is 2. The zero-order chi connectivity index (χ0) is 27.2. The summed E-state index contributed by atoms with van der Waals surface area (Å²) in [6.45, 7) is 10.4. The lowest BCUT2D eigenvalue weighted by Crippen LogP contribution is -2.74. The number of likely N-dealkylation sites (tertiary alicyclic amines) is 1. The van der Waals surface area contributed by atoms with Gasteiger partial charge in [-0.25, -0.2) is 14.8 Å². The van der Waals surface area contributed by atoms with Gasteiger partial charge in [0, 0.05) is 37.0 Å². The minimum Gasteiger partial charge on any atom is -0.497 e. The highest BCUT2D eigenvalue weighted by molar-refractivity contribution is 6.01. The molecule has 6 rings (SSSR count). The second-order valence-electron chi connectivity index (χ2n) is 10.9. The summed E-state index contributed by atoms with van der Waals surface area (Å²) in [6, 6.07) is 7.66. The van der Waals surface area contributed by atoms with Gasteiger partial charge in [-0.15, -0.1) is 0 Å². The maximum atomic E-state index is 13.3. The van der Waals surface area contributed by atoms with Crippen molar-refractivity contribution in [2.24, 2.45) is 0 Å². The molecule has 1 saturated heterocycles. The second-order valence-corrected chi connectivity index (χ2v) is 10.9. The van der Waals surface area contributed by atoms with Gasteiger partial charge in [0.2, 0.25) is 0 Å². The second kappa shape index (κ2) is 9.45. The van der Waals surface area contributed by atoms with E-state index in [2.05, 4.69) is 15.3 Å². The van der Waals surface area contributed by atoms with Gasteiger partial charge < -0.3 is 24.7 Å². The summed E-state index contributed by atoms with van der Waals surface area (Å²) in [5.41, 5.74) is 5.31. The Morgan fingerprint density at radius 3 is 2.47 bits per heavy atom. The molecular weight excluding hydrogens is 482 g/mol. The zero-order valence-corrected chi connectivity index (χ0v) is 22.9. The van der Waals surface area contributed by atoms with Gasteiger partial charge in [-0.1, -0.05) is 13.8 Å². The number of nitrogens with zero attached hydrogens (tertiary/aromatic N) is 3. The maximum Gasteiger partial charge on any atom is 0.410 e. The van der Waals surface area contributed by atoms with Crippen molar-refractivity contribution >= 4 is 12.0 Å². The van der Waals surface area contributed by atoms with E-state index in [0.29, 0.717) is 25.3 Å². The molecule has 0 radical (unpaired) electrons. The van der Waals surface area contributed by atoms with Crippen molar-refractivity contribution in [2.45, 2.75) is 65.0 Å². The van der Waals surface area contributed by atoms with Crippen LogP contribution in [0.4, 0.5) is 4.79 Å². The molecule has 0 saturated carbocycles. The third kappa shape index (κ3) is 4.50. The van der Waals surface area contributed by atoms with Crippen LogP contribution in [-0.2, 0) is 24.0 Å². The average molecular weight is 518 g/mol. The van der Waals surface area contributed by atoms with Gasteiger partial charge >= 0.3 is 6.09 Å². The van der Waals surface area contributed by atoms with Crippen molar-refractivity contribution in [1.29, 1.82) is 0 Å². The van der Waals surface area contributed by atoms with E-state index in [1.165, 1.54) is 0 Å². The smallest absolute Gasteiger partial charge is 0.410 e. The Balaban J connectivity index is 0.00000144. The Hall–Kier alpha value is -3.88. The van der Waals surface area contributed by atoms with Crippen LogP contribution in [0.15, 0.2) is 30.5 Å². The molecule has 2 amide bonds. The molecule has 2 aliphatic heterocycles. The lowest BCUT2D eigenvalue weighted by Gasteiger charge is -2.51. The van der Waals surface area contributed by atoms with Crippen LogP contribution >= 0.6 is 0 Å². The number of methoxy groups -OCH3 is 1. The highest BCUT2D eigenvalue weighted by Crippen LogP contribution is 2.40. The van der Waals surface area contributed by atoms with Gasteiger partial charge in [-0.2, -0.15) is 0 Å². The predicted octanol–water partition coefficient (Wildman–Crippen LogP) is 4.55. The fourth-order valence-corrected chi connectivity index (χ4v) is 5.42. The Morgan fingerprint density at radius 2 is 1.82 bits per heavy atom. The fourth-order valence-electron chi connectivity index (χ4n) is 5.42. The number of aryl methyl sites for hydroxylation is 1. The lowest BCUT2D eigenvalue weighted by molar-refractivity contribution is -0.0169. The predicted molar refractivity (Wildman–Crippen MR) is 144 cm³/mol. The van der Waals surface area contributed by atoms with Crippen LogP contribution in [-0.4, -0.2) is 63.2 Å². The number of fused-ring (bicyclic) bond motifs is 5. The molecule has 2 aromatic heterocycles. The Bertz CT molecular complexity index is 1380. The van der Waals surface area contributed by atoms with Crippen molar-refractivity contribution in [2.75, 3.05) is 20.2 Å². The van der Waals surface area contributed by atoms with Crippen LogP contribution in [0.1, 0.15) is 61.8 Å². The van der Waals surface area contributed by atoms with Crippen molar-refractivity contribution in [3.8, 4) is 28.5 Å². The first-order chi connectivity index (χ1) is 18.1. The van der Waals surface area contributed by atoms with E-state index in [1.807, 2.05) is 65.1 Å². The Morgan fingerprint density at radius 1 is 1.11 bits per heavy atom. The van der Waals surface area contributed by atoms with Crippen LogP contribution in [0, 0.1) is 0 Å².